The van der Waals surface area contributed by atoms with Crippen molar-refractivity contribution in [3.63, 3.8) is 0 Å². The Bertz CT molecular complexity index is 563. The van der Waals surface area contributed by atoms with Gasteiger partial charge in [0.2, 0.25) is 5.52 Å². The molecule has 0 aliphatic heterocycles. The van der Waals surface area contributed by atoms with E-state index in [1.165, 1.54) is 0 Å². The van der Waals surface area contributed by atoms with E-state index in [2.05, 4.69) is 0 Å². The van der Waals surface area contributed by atoms with E-state index in [0.29, 0.717) is 6.54 Å². The monoisotopic (exact) mass is 407 g/mol. The molecule has 0 radical (unpaired) electrons. The SMILES string of the molecule is CCOP(=O)(OCC)C(N(C)Cc1ccccc1)P(=O)(OCC)OCC. The molecule has 0 N–H and O–H groups in total. The predicted octanol–water partition coefficient (Wildman–Crippen LogP) is 4.93. The molecule has 0 amide bonds. The first kappa shape index (κ1) is 23.5. The normalized spacial score (nSPS) is 12.9. The third-order valence-corrected chi connectivity index (χ3v) is 9.56. The zero-order valence-corrected chi connectivity index (χ0v) is 18.1. The summed E-state index contributed by atoms with van der Waals surface area (Å²) in [4.78, 5) is 1.67. The zero-order valence-electron chi connectivity index (χ0n) is 16.3. The van der Waals surface area contributed by atoms with Gasteiger partial charge in [0.1, 0.15) is 0 Å². The maximum absolute atomic E-state index is 13.5. The Hall–Kier alpha value is -0.520. The summed E-state index contributed by atoms with van der Waals surface area (Å²) in [5, 5.41) is 0. The molecule has 0 saturated heterocycles. The van der Waals surface area contributed by atoms with Gasteiger partial charge in [0.25, 0.3) is 0 Å². The van der Waals surface area contributed by atoms with E-state index in [1.54, 1.807) is 39.6 Å². The molecule has 0 spiro atoms. The third kappa shape index (κ3) is 6.28. The highest BCUT2D eigenvalue weighted by Crippen LogP contribution is 2.71. The fourth-order valence-electron chi connectivity index (χ4n) is 2.67. The molecule has 26 heavy (non-hydrogen) atoms. The van der Waals surface area contributed by atoms with Gasteiger partial charge in [0, 0.05) is 6.54 Å². The van der Waals surface area contributed by atoms with Crippen LogP contribution in [0.5, 0.6) is 0 Å². The molecule has 0 fully saturated rings. The van der Waals surface area contributed by atoms with Crippen LogP contribution >= 0.6 is 15.2 Å². The van der Waals surface area contributed by atoms with Crippen LogP contribution in [0.3, 0.4) is 0 Å². The quantitative estimate of drug-likeness (QED) is 0.429. The van der Waals surface area contributed by atoms with Crippen molar-refractivity contribution in [1.82, 2.24) is 4.90 Å². The standard InChI is InChI=1S/C17H31NO6P2/c1-6-21-25(19,22-7-2)17(26(20,23-8-3)24-9-4)18(5)15-16-13-11-10-12-14-16/h10-14,17H,6-9,15H2,1-5H3. The molecule has 0 atom stereocenters. The van der Waals surface area contributed by atoms with E-state index >= 15 is 0 Å². The molecule has 0 aromatic heterocycles. The fourth-order valence-corrected chi connectivity index (χ4v) is 8.11. The summed E-state index contributed by atoms with van der Waals surface area (Å²) in [5.41, 5.74) is -0.186. The smallest absolute Gasteiger partial charge is 0.307 e. The minimum absolute atomic E-state index is 0.158. The maximum Gasteiger partial charge on any atom is 0.360 e. The lowest BCUT2D eigenvalue weighted by atomic mass is 10.2. The molecule has 0 aliphatic rings. The zero-order chi connectivity index (χ0) is 19.6. The van der Waals surface area contributed by atoms with Gasteiger partial charge in [0.05, 0.1) is 26.4 Å². The highest BCUT2D eigenvalue weighted by atomic mass is 31.2. The summed E-state index contributed by atoms with van der Waals surface area (Å²) < 4.78 is 49.0. The number of rotatable bonds is 13. The van der Waals surface area contributed by atoms with Gasteiger partial charge in [-0.15, -0.1) is 0 Å². The van der Waals surface area contributed by atoms with Gasteiger partial charge in [-0.05, 0) is 40.3 Å². The van der Waals surface area contributed by atoms with Gasteiger partial charge in [-0.2, -0.15) is 0 Å². The second-order valence-corrected chi connectivity index (χ2v) is 10.1. The summed E-state index contributed by atoms with van der Waals surface area (Å²) in [6.45, 7) is 7.88. The van der Waals surface area contributed by atoms with E-state index < -0.39 is 20.7 Å². The number of hydrogen-bond donors (Lipinski definition) is 0. The average Bonchev–Trinajstić information content (AvgIpc) is 2.56. The summed E-state index contributed by atoms with van der Waals surface area (Å²) in [7, 11) is -5.87. The fraction of sp³-hybridized carbons (Fsp3) is 0.647. The lowest BCUT2D eigenvalue weighted by Crippen LogP contribution is -2.34. The lowest BCUT2D eigenvalue weighted by molar-refractivity contribution is 0.160. The molecule has 9 heteroatoms. The number of benzene rings is 1. The summed E-state index contributed by atoms with van der Waals surface area (Å²) in [5.74, 6) is 0. The van der Waals surface area contributed by atoms with Crippen LogP contribution < -0.4 is 0 Å². The Kier molecular flexibility index (Phi) is 10.3. The lowest BCUT2D eigenvalue weighted by Gasteiger charge is -2.36. The molecule has 0 unspecified atom stereocenters. The van der Waals surface area contributed by atoms with E-state index in [1.807, 2.05) is 30.3 Å². The van der Waals surface area contributed by atoms with Gasteiger partial charge in [-0.25, -0.2) is 0 Å². The summed E-state index contributed by atoms with van der Waals surface area (Å²) in [6, 6.07) is 9.61. The van der Waals surface area contributed by atoms with Crippen LogP contribution in [0.1, 0.15) is 33.3 Å². The maximum atomic E-state index is 13.5. The topological polar surface area (TPSA) is 74.3 Å². The van der Waals surface area contributed by atoms with Crippen LogP contribution in [0.25, 0.3) is 0 Å². The van der Waals surface area contributed by atoms with E-state index in [4.69, 9.17) is 18.1 Å². The minimum atomic E-state index is -3.79. The molecule has 1 aromatic rings. The average molecular weight is 407 g/mol. The van der Waals surface area contributed by atoms with Gasteiger partial charge in [-0.3, -0.25) is 14.0 Å². The van der Waals surface area contributed by atoms with E-state index in [9.17, 15) is 9.13 Å². The van der Waals surface area contributed by atoms with Crippen LogP contribution in [0.2, 0.25) is 0 Å². The predicted molar refractivity (Wildman–Crippen MR) is 103 cm³/mol. The van der Waals surface area contributed by atoms with Crippen molar-refractivity contribution in [3.05, 3.63) is 35.9 Å². The van der Waals surface area contributed by atoms with Crippen LogP contribution in [0.4, 0.5) is 0 Å². The third-order valence-electron chi connectivity index (χ3n) is 3.47. The molecular weight excluding hydrogens is 376 g/mol. The number of hydrogen-bond acceptors (Lipinski definition) is 7. The molecule has 0 heterocycles. The first-order valence-corrected chi connectivity index (χ1v) is 12.1. The summed E-state index contributed by atoms with van der Waals surface area (Å²) >= 11 is 0. The first-order chi connectivity index (χ1) is 12.4. The Morgan fingerprint density at radius 3 is 1.54 bits per heavy atom. The van der Waals surface area contributed by atoms with Crippen molar-refractivity contribution in [1.29, 1.82) is 0 Å². The molecule has 0 saturated carbocycles. The molecule has 1 aromatic carbocycles. The largest absolute Gasteiger partial charge is 0.360 e. The van der Waals surface area contributed by atoms with Crippen LogP contribution in [0.15, 0.2) is 30.3 Å². The van der Waals surface area contributed by atoms with Gasteiger partial charge >= 0.3 is 15.2 Å². The van der Waals surface area contributed by atoms with Crippen LogP contribution in [-0.4, -0.2) is 43.9 Å². The Morgan fingerprint density at radius 2 is 1.19 bits per heavy atom. The molecular formula is C17H31NO6P2. The molecule has 0 bridgehead atoms. The van der Waals surface area contributed by atoms with Crippen molar-refractivity contribution in [2.75, 3.05) is 33.5 Å². The second kappa shape index (κ2) is 11.4. The van der Waals surface area contributed by atoms with Crippen molar-refractivity contribution >= 4 is 15.2 Å². The van der Waals surface area contributed by atoms with Crippen LogP contribution in [-0.2, 0) is 33.8 Å². The van der Waals surface area contributed by atoms with Gasteiger partial charge in [-0.1, -0.05) is 30.3 Å². The highest BCUT2D eigenvalue weighted by Gasteiger charge is 2.53. The van der Waals surface area contributed by atoms with E-state index in [-0.39, 0.29) is 26.4 Å². The molecule has 0 aliphatic carbocycles. The summed E-state index contributed by atoms with van der Waals surface area (Å²) in [6.07, 6.45) is 0. The second-order valence-electron chi connectivity index (χ2n) is 5.50. The molecule has 1 rings (SSSR count). The Labute approximate surface area is 157 Å². The van der Waals surface area contributed by atoms with Crippen molar-refractivity contribution in [2.45, 2.75) is 39.8 Å². The van der Waals surface area contributed by atoms with Crippen molar-refractivity contribution in [2.24, 2.45) is 0 Å². The van der Waals surface area contributed by atoms with Crippen LogP contribution in [0, 0.1) is 0 Å². The Balaban J connectivity index is 3.34. The van der Waals surface area contributed by atoms with Gasteiger partial charge in [0.15, 0.2) is 0 Å². The first-order valence-electron chi connectivity index (χ1n) is 8.88. The highest BCUT2D eigenvalue weighted by molar-refractivity contribution is 7.72. The van der Waals surface area contributed by atoms with Crippen molar-refractivity contribution < 1.29 is 27.2 Å². The molecule has 7 nitrogen and oxygen atoms in total. The number of nitrogens with zero attached hydrogens (tertiary/aromatic N) is 1. The molecule has 150 valence electrons. The Morgan fingerprint density at radius 1 is 0.808 bits per heavy atom. The van der Waals surface area contributed by atoms with Gasteiger partial charge < -0.3 is 18.1 Å². The van der Waals surface area contributed by atoms with Crippen molar-refractivity contribution in [3.8, 4) is 0 Å². The minimum Gasteiger partial charge on any atom is -0.307 e. The van der Waals surface area contributed by atoms with E-state index in [0.717, 1.165) is 5.56 Å².